The molecule has 2 aromatic carbocycles. The number of unbranched alkanes of at least 4 members (excludes halogenated alkanes) is 14. The molecule has 0 saturated carbocycles. The van der Waals surface area contributed by atoms with Crippen LogP contribution in [0.4, 0.5) is 0 Å². The van der Waals surface area contributed by atoms with Gasteiger partial charge in [-0.2, -0.15) is 11.8 Å². The Morgan fingerprint density at radius 3 is 1.61 bits per heavy atom. The van der Waals surface area contributed by atoms with Crippen molar-refractivity contribution in [3.05, 3.63) is 71.8 Å². The molecule has 6 nitrogen and oxygen atoms in total. The molecule has 2 aromatic rings. The van der Waals surface area contributed by atoms with Crippen molar-refractivity contribution in [1.29, 1.82) is 0 Å². The number of nitrogens with one attached hydrogen (secondary N) is 1. The van der Waals surface area contributed by atoms with Gasteiger partial charge in [0.15, 0.2) is 6.10 Å². The molecule has 0 aliphatic carbocycles. The van der Waals surface area contributed by atoms with Crippen molar-refractivity contribution in [3.8, 4) is 0 Å². The van der Waals surface area contributed by atoms with Crippen molar-refractivity contribution in [2.75, 3.05) is 18.1 Å². The summed E-state index contributed by atoms with van der Waals surface area (Å²) < 4.78 is 6.02. The lowest BCUT2D eigenvalue weighted by Crippen LogP contribution is -2.44. The third-order valence-electron chi connectivity index (χ3n) is 7.87. The third kappa shape index (κ3) is 17.2. The summed E-state index contributed by atoms with van der Waals surface area (Å²) >= 11 is 1.31. The Morgan fingerprint density at radius 2 is 1.16 bits per heavy atom. The van der Waals surface area contributed by atoms with Gasteiger partial charge in [-0.15, -0.1) is 0 Å². The number of amides is 1. The zero-order valence-corrected chi connectivity index (χ0v) is 27.8. The lowest BCUT2D eigenvalue weighted by Gasteiger charge is -2.23. The van der Waals surface area contributed by atoms with E-state index in [-0.39, 0.29) is 24.0 Å². The lowest BCUT2D eigenvalue weighted by molar-refractivity contribution is -0.151. The van der Waals surface area contributed by atoms with Crippen LogP contribution in [0, 0.1) is 0 Å². The number of hydrogen-bond acceptors (Lipinski definition) is 6. The van der Waals surface area contributed by atoms with E-state index in [2.05, 4.69) is 12.2 Å². The highest BCUT2D eigenvalue weighted by molar-refractivity contribution is 7.99. The van der Waals surface area contributed by atoms with Crippen molar-refractivity contribution in [3.63, 3.8) is 0 Å². The fraction of sp³-hybridized carbons (Fsp3) is 0.622. The summed E-state index contributed by atoms with van der Waals surface area (Å²) in [6.07, 6.45) is 17.9. The van der Waals surface area contributed by atoms with E-state index in [1.54, 1.807) is 0 Å². The molecule has 2 atom stereocenters. The summed E-state index contributed by atoms with van der Waals surface area (Å²) in [6.45, 7) is 1.91. The first-order valence-electron chi connectivity index (χ1n) is 17.0. The van der Waals surface area contributed by atoms with Gasteiger partial charge >= 0.3 is 5.97 Å². The number of benzene rings is 2. The van der Waals surface area contributed by atoms with Crippen molar-refractivity contribution in [2.24, 2.45) is 0 Å². The van der Waals surface area contributed by atoms with Crippen LogP contribution in [0.1, 0.15) is 127 Å². The van der Waals surface area contributed by atoms with Crippen molar-refractivity contribution >= 4 is 23.6 Å². The highest BCUT2D eigenvalue weighted by Gasteiger charge is 2.27. The minimum atomic E-state index is -0.880. The zero-order valence-electron chi connectivity index (χ0n) is 27.0. The molecule has 0 aliphatic heterocycles. The Hall–Kier alpha value is -2.35. The first-order chi connectivity index (χ1) is 21.5. The van der Waals surface area contributed by atoms with Crippen LogP contribution in [0.15, 0.2) is 60.7 Å². The molecule has 0 aromatic heterocycles. The highest BCUT2D eigenvalue weighted by Crippen LogP contribution is 2.27. The van der Waals surface area contributed by atoms with Crippen molar-refractivity contribution in [2.45, 2.75) is 128 Å². The third-order valence-corrected chi connectivity index (χ3v) is 9.06. The Balaban J connectivity index is 1.74. The molecule has 0 bridgehead atoms. The predicted molar refractivity (Wildman–Crippen MR) is 183 cm³/mol. The minimum absolute atomic E-state index is 0.166. The summed E-state index contributed by atoms with van der Waals surface area (Å²) in [7, 11) is 0. The second-order valence-corrected chi connectivity index (χ2v) is 12.9. The van der Waals surface area contributed by atoms with Crippen LogP contribution in [0.25, 0.3) is 0 Å². The number of carbonyl (C=O) groups is 2. The van der Waals surface area contributed by atoms with Crippen LogP contribution in [0.2, 0.25) is 0 Å². The van der Waals surface area contributed by atoms with E-state index in [1.165, 1.54) is 88.8 Å². The van der Waals surface area contributed by atoms with E-state index in [4.69, 9.17) is 9.84 Å². The van der Waals surface area contributed by atoms with E-state index in [9.17, 15) is 14.7 Å². The molecule has 0 fully saturated rings. The van der Waals surface area contributed by atoms with Gasteiger partial charge in [0.25, 0.3) is 0 Å². The first kappa shape index (κ1) is 37.8. The van der Waals surface area contributed by atoms with Gasteiger partial charge in [-0.25, -0.2) is 4.79 Å². The molecule has 0 saturated heterocycles. The summed E-state index contributed by atoms with van der Waals surface area (Å²) in [4.78, 5) is 26.3. The summed E-state index contributed by atoms with van der Waals surface area (Å²) in [5, 5.41) is 21.8. The highest BCUT2D eigenvalue weighted by atomic mass is 32.2. The lowest BCUT2D eigenvalue weighted by atomic mass is 10.0. The zero-order chi connectivity index (χ0) is 31.7. The minimum Gasteiger partial charge on any atom is -0.451 e. The normalized spacial score (nSPS) is 12.6. The molecular weight excluding hydrogens is 570 g/mol. The van der Waals surface area contributed by atoms with E-state index < -0.39 is 24.2 Å². The number of rotatable bonds is 26. The Labute approximate surface area is 270 Å². The van der Waals surface area contributed by atoms with Crippen LogP contribution >= 0.6 is 11.8 Å². The van der Waals surface area contributed by atoms with Gasteiger partial charge in [-0.3, -0.25) is 4.79 Å². The molecular formula is C37H57NO5S. The molecule has 246 valence electrons. The van der Waals surface area contributed by atoms with Crippen LogP contribution in [0.5, 0.6) is 0 Å². The summed E-state index contributed by atoms with van der Waals surface area (Å²) in [5.74, 6) is -0.174. The Morgan fingerprint density at radius 1 is 0.705 bits per heavy atom. The number of aliphatic hydroxyl groups is 2. The van der Waals surface area contributed by atoms with E-state index >= 15 is 0 Å². The fourth-order valence-electron chi connectivity index (χ4n) is 5.25. The average molecular weight is 628 g/mol. The van der Waals surface area contributed by atoms with Crippen molar-refractivity contribution < 1.29 is 24.5 Å². The van der Waals surface area contributed by atoms with Crippen LogP contribution in [0.3, 0.4) is 0 Å². The van der Waals surface area contributed by atoms with Crippen LogP contribution < -0.4 is 5.32 Å². The maximum absolute atomic E-state index is 13.4. The van der Waals surface area contributed by atoms with Gasteiger partial charge in [-0.05, 0) is 17.5 Å². The summed E-state index contributed by atoms with van der Waals surface area (Å²) in [5.41, 5.74) is 1.69. The molecule has 2 rings (SSSR count). The topological polar surface area (TPSA) is 95.9 Å². The van der Waals surface area contributed by atoms with Gasteiger partial charge in [0.05, 0.1) is 12.7 Å². The van der Waals surface area contributed by atoms with Gasteiger partial charge in [0, 0.05) is 17.9 Å². The van der Waals surface area contributed by atoms with Crippen LogP contribution in [-0.4, -0.2) is 52.3 Å². The van der Waals surface area contributed by atoms with Gasteiger partial charge < -0.3 is 20.3 Å². The number of aliphatic hydroxyl groups excluding tert-OH is 2. The maximum atomic E-state index is 13.4. The Bertz CT molecular complexity index is 950. The van der Waals surface area contributed by atoms with Gasteiger partial charge in [0.1, 0.15) is 6.04 Å². The molecule has 1 amide bonds. The molecule has 3 N–H and O–H groups in total. The van der Waals surface area contributed by atoms with Gasteiger partial charge in [-0.1, -0.05) is 157 Å². The number of esters is 1. The standard InChI is InChI=1S/C37H57NO5S/c1-2-3-4-5-6-7-8-9-10-11-12-13-14-15-22-27-35(41)38-34(30-44-29-33(40)28-39)37(42)43-36(31-23-18-16-19-24-31)32-25-20-17-21-26-32/h16-21,23-26,33-34,36,39-40H,2-15,22,27-30H2,1H3,(H,38,41)/t33-,34+/m1/s1. The smallest absolute Gasteiger partial charge is 0.330 e. The molecule has 0 aliphatic rings. The number of carbonyl (C=O) groups excluding carboxylic acids is 2. The summed E-state index contributed by atoms with van der Waals surface area (Å²) in [6, 6.07) is 18.3. The van der Waals surface area contributed by atoms with E-state index in [1.807, 2.05) is 60.7 Å². The molecule has 44 heavy (non-hydrogen) atoms. The SMILES string of the molecule is CCCCCCCCCCCCCCCCCC(=O)N[C@@H](CSC[C@H](O)CO)C(=O)OC(c1ccccc1)c1ccccc1. The van der Waals surface area contributed by atoms with Gasteiger partial charge in [0.2, 0.25) is 5.91 Å². The Kier molecular flexibility index (Phi) is 21.4. The quantitative estimate of drug-likeness (QED) is 0.0720. The molecule has 0 unspecified atom stereocenters. The molecule has 0 radical (unpaired) electrons. The maximum Gasteiger partial charge on any atom is 0.330 e. The largest absolute Gasteiger partial charge is 0.451 e. The second-order valence-electron chi connectivity index (χ2n) is 11.8. The molecule has 0 heterocycles. The molecule has 0 spiro atoms. The number of thioether (sulfide) groups is 1. The van der Waals surface area contributed by atoms with Crippen molar-refractivity contribution in [1.82, 2.24) is 5.32 Å². The second kappa shape index (κ2) is 24.9. The average Bonchev–Trinajstić information content (AvgIpc) is 3.05. The number of hydrogen-bond donors (Lipinski definition) is 3. The number of ether oxygens (including phenoxy) is 1. The monoisotopic (exact) mass is 627 g/mol. The predicted octanol–water partition coefficient (Wildman–Crippen LogP) is 8.15. The molecule has 7 heteroatoms. The van der Waals surface area contributed by atoms with Crippen LogP contribution in [-0.2, 0) is 14.3 Å². The first-order valence-corrected chi connectivity index (χ1v) is 18.2. The van der Waals surface area contributed by atoms with E-state index in [0.717, 1.165) is 30.4 Å². The van der Waals surface area contributed by atoms with E-state index in [0.29, 0.717) is 6.42 Å². The fourth-order valence-corrected chi connectivity index (χ4v) is 6.22.